The predicted octanol–water partition coefficient (Wildman–Crippen LogP) is 2.71. The lowest BCUT2D eigenvalue weighted by molar-refractivity contribution is 0.0390. The second-order valence-corrected chi connectivity index (χ2v) is 6.61. The van der Waals surface area contributed by atoms with Crippen LogP contribution in [0, 0.1) is 11.3 Å². The number of benzene rings is 1. The molecule has 0 saturated carbocycles. The summed E-state index contributed by atoms with van der Waals surface area (Å²) in [4.78, 5) is 23.4. The van der Waals surface area contributed by atoms with Crippen molar-refractivity contribution in [2.24, 2.45) is 7.05 Å². The van der Waals surface area contributed by atoms with Crippen molar-refractivity contribution in [3.63, 3.8) is 0 Å². The van der Waals surface area contributed by atoms with Gasteiger partial charge in [-0.1, -0.05) is 12.1 Å². The monoisotopic (exact) mass is 409 g/mol. The van der Waals surface area contributed by atoms with E-state index in [-0.39, 0.29) is 24.1 Å². The molecule has 1 atom stereocenters. The molecule has 1 aromatic carbocycles. The lowest BCUT2D eigenvalue weighted by Gasteiger charge is -2.34. The van der Waals surface area contributed by atoms with Gasteiger partial charge in [-0.05, 0) is 29.8 Å². The van der Waals surface area contributed by atoms with Crippen LogP contribution in [0.3, 0.4) is 0 Å². The zero-order valence-corrected chi connectivity index (χ0v) is 16.7. The number of morpholine rings is 1. The van der Waals surface area contributed by atoms with Crippen LogP contribution in [0.2, 0.25) is 0 Å². The zero-order chi connectivity index (χ0) is 19.5. The molecule has 0 radical (unpaired) electrons. The van der Waals surface area contributed by atoms with Gasteiger partial charge in [0.05, 0.1) is 30.5 Å². The fourth-order valence-corrected chi connectivity index (χ4v) is 3.29. The van der Waals surface area contributed by atoms with Crippen molar-refractivity contribution in [2.75, 3.05) is 24.6 Å². The average Bonchev–Trinajstić information content (AvgIpc) is 2.76. The number of anilines is 1. The molecular weight excluding hydrogens is 390 g/mol. The predicted molar refractivity (Wildman–Crippen MR) is 112 cm³/mol. The Morgan fingerprint density at radius 2 is 1.90 bits per heavy atom. The molecule has 148 valence electrons. The highest BCUT2D eigenvalue weighted by Crippen LogP contribution is 2.26. The van der Waals surface area contributed by atoms with Crippen molar-refractivity contribution in [1.29, 1.82) is 5.26 Å². The van der Waals surface area contributed by atoms with Crippen LogP contribution in [0.15, 0.2) is 59.7 Å². The van der Waals surface area contributed by atoms with Gasteiger partial charge in [-0.15, -0.1) is 12.4 Å². The summed E-state index contributed by atoms with van der Waals surface area (Å²) in [5.74, 6) is 0.612. The van der Waals surface area contributed by atoms with Gasteiger partial charge in [-0.2, -0.15) is 5.26 Å². The van der Waals surface area contributed by atoms with Gasteiger partial charge in [-0.3, -0.25) is 14.3 Å². The summed E-state index contributed by atoms with van der Waals surface area (Å²) in [5, 5.41) is 8.97. The summed E-state index contributed by atoms with van der Waals surface area (Å²) in [6.07, 6.45) is 3.22. The van der Waals surface area contributed by atoms with E-state index in [9.17, 15) is 4.79 Å². The van der Waals surface area contributed by atoms with Crippen LogP contribution in [0.1, 0.15) is 17.2 Å². The zero-order valence-electron chi connectivity index (χ0n) is 15.9. The Kier molecular flexibility index (Phi) is 6.27. The average molecular weight is 410 g/mol. The molecule has 0 amide bonds. The van der Waals surface area contributed by atoms with Crippen LogP contribution in [0.4, 0.5) is 5.95 Å². The molecule has 1 aliphatic rings. The molecule has 1 aliphatic heterocycles. The minimum absolute atomic E-state index is 0. The summed E-state index contributed by atoms with van der Waals surface area (Å²) < 4.78 is 7.49. The van der Waals surface area contributed by atoms with Crippen LogP contribution in [0.5, 0.6) is 0 Å². The van der Waals surface area contributed by atoms with E-state index in [1.165, 1.54) is 6.07 Å². The molecule has 2 aromatic heterocycles. The molecule has 7 nitrogen and oxygen atoms in total. The Balaban J connectivity index is 0.00000240. The number of hydrogen-bond acceptors (Lipinski definition) is 6. The topological polar surface area (TPSA) is 84.0 Å². The maximum absolute atomic E-state index is 12.5. The van der Waals surface area contributed by atoms with Gasteiger partial charge in [0.25, 0.3) is 5.56 Å². The number of nitrogens with zero attached hydrogens (tertiary/aromatic N) is 5. The van der Waals surface area contributed by atoms with E-state index in [1.54, 1.807) is 36.1 Å². The smallest absolute Gasteiger partial charge is 0.255 e. The first-order chi connectivity index (χ1) is 13.7. The first-order valence-electron chi connectivity index (χ1n) is 9.01. The quantitative estimate of drug-likeness (QED) is 0.661. The van der Waals surface area contributed by atoms with Crippen molar-refractivity contribution in [2.45, 2.75) is 6.10 Å². The summed E-state index contributed by atoms with van der Waals surface area (Å²) in [6, 6.07) is 14.7. The molecule has 0 aliphatic carbocycles. The Labute approximate surface area is 174 Å². The Morgan fingerprint density at radius 3 is 2.59 bits per heavy atom. The number of hydrogen-bond donors (Lipinski definition) is 0. The first kappa shape index (κ1) is 20.5. The summed E-state index contributed by atoms with van der Waals surface area (Å²) in [5.41, 5.74) is 2.98. The first-order valence-corrected chi connectivity index (χ1v) is 9.01. The summed E-state index contributed by atoms with van der Waals surface area (Å²) in [7, 11) is 1.73. The lowest BCUT2D eigenvalue weighted by Crippen LogP contribution is -2.41. The lowest BCUT2D eigenvalue weighted by atomic mass is 10.1. The van der Waals surface area contributed by atoms with Crippen LogP contribution in [0.25, 0.3) is 11.3 Å². The molecule has 29 heavy (non-hydrogen) atoms. The Bertz CT molecular complexity index is 1080. The van der Waals surface area contributed by atoms with E-state index in [1.807, 2.05) is 24.3 Å². The van der Waals surface area contributed by atoms with E-state index in [2.05, 4.69) is 16.0 Å². The van der Waals surface area contributed by atoms with Crippen molar-refractivity contribution >= 4 is 18.4 Å². The third-order valence-electron chi connectivity index (χ3n) is 4.85. The third kappa shape index (κ3) is 4.29. The van der Waals surface area contributed by atoms with Crippen molar-refractivity contribution in [3.05, 3.63) is 76.3 Å². The maximum Gasteiger partial charge on any atom is 0.255 e. The second-order valence-electron chi connectivity index (χ2n) is 6.61. The molecule has 1 saturated heterocycles. The summed E-state index contributed by atoms with van der Waals surface area (Å²) >= 11 is 0. The molecular formula is C21H20ClN5O2. The van der Waals surface area contributed by atoms with Gasteiger partial charge < -0.3 is 9.64 Å². The molecule has 0 bridgehead atoms. The summed E-state index contributed by atoms with van der Waals surface area (Å²) in [6.45, 7) is 1.75. The van der Waals surface area contributed by atoms with E-state index < -0.39 is 0 Å². The molecule has 0 unspecified atom stereocenters. The van der Waals surface area contributed by atoms with Crippen LogP contribution < -0.4 is 10.5 Å². The number of nitriles is 1. The number of pyridine rings is 1. The second kappa shape index (κ2) is 8.86. The number of ether oxygens (including phenoxy) is 1. The fraction of sp³-hybridized carbons (Fsp3) is 0.238. The minimum atomic E-state index is -0.150. The third-order valence-corrected chi connectivity index (χ3v) is 4.85. The van der Waals surface area contributed by atoms with Crippen LogP contribution >= 0.6 is 12.4 Å². The van der Waals surface area contributed by atoms with Gasteiger partial charge >= 0.3 is 0 Å². The Hall–Kier alpha value is -3.21. The molecule has 0 N–H and O–H groups in total. The molecule has 3 heterocycles. The van der Waals surface area contributed by atoms with E-state index in [0.29, 0.717) is 36.9 Å². The maximum atomic E-state index is 12.5. The molecule has 4 rings (SSSR count). The number of rotatable bonds is 3. The van der Waals surface area contributed by atoms with Gasteiger partial charge in [0.1, 0.15) is 6.10 Å². The molecule has 0 spiro atoms. The normalized spacial score (nSPS) is 16.0. The Morgan fingerprint density at radius 1 is 1.17 bits per heavy atom. The SMILES string of the molecule is Cl.Cn1c(N2CCO[C@H](c3ccc(C#N)cc3)C2)nc(-c2ccncc2)cc1=O. The van der Waals surface area contributed by atoms with Crippen molar-refractivity contribution < 1.29 is 4.74 Å². The standard InChI is InChI=1S/C21H19N5O2.ClH/c1-25-20(27)12-18(16-6-8-23-9-7-16)24-21(25)26-10-11-28-19(14-26)17-4-2-15(13-22)3-5-17;/h2-9,12,19H,10-11,14H2,1H3;1H/t19-;/m0./s1. The molecule has 8 heteroatoms. The van der Waals surface area contributed by atoms with Gasteiger partial charge in [-0.25, -0.2) is 4.98 Å². The number of aromatic nitrogens is 3. The highest BCUT2D eigenvalue weighted by atomic mass is 35.5. The fourth-order valence-electron chi connectivity index (χ4n) is 3.29. The van der Waals surface area contributed by atoms with Crippen molar-refractivity contribution in [3.8, 4) is 17.3 Å². The largest absolute Gasteiger partial charge is 0.370 e. The van der Waals surface area contributed by atoms with Gasteiger partial charge in [0.2, 0.25) is 5.95 Å². The van der Waals surface area contributed by atoms with Crippen LogP contribution in [-0.2, 0) is 11.8 Å². The molecule has 1 fully saturated rings. The van der Waals surface area contributed by atoms with Gasteiger partial charge in [0.15, 0.2) is 0 Å². The highest BCUT2D eigenvalue weighted by Gasteiger charge is 2.25. The highest BCUT2D eigenvalue weighted by molar-refractivity contribution is 5.85. The van der Waals surface area contributed by atoms with Crippen LogP contribution in [-0.4, -0.2) is 34.2 Å². The molecule has 3 aromatic rings. The number of halogens is 1. The van der Waals surface area contributed by atoms with E-state index in [0.717, 1.165) is 11.1 Å². The van der Waals surface area contributed by atoms with Gasteiger partial charge in [0, 0.05) is 37.6 Å². The van der Waals surface area contributed by atoms with E-state index >= 15 is 0 Å². The van der Waals surface area contributed by atoms with Crippen molar-refractivity contribution in [1.82, 2.24) is 14.5 Å². The van der Waals surface area contributed by atoms with E-state index in [4.69, 9.17) is 15.0 Å². The minimum Gasteiger partial charge on any atom is -0.370 e.